The Kier molecular flexibility index (Phi) is 1.77. The van der Waals surface area contributed by atoms with Crippen molar-refractivity contribution in [3.63, 3.8) is 0 Å². The van der Waals surface area contributed by atoms with E-state index in [1.807, 2.05) is 6.07 Å². The Balaban J connectivity index is 2.36. The fourth-order valence-corrected chi connectivity index (χ4v) is 3.70. The van der Waals surface area contributed by atoms with Gasteiger partial charge in [0.25, 0.3) is 0 Å². The highest BCUT2D eigenvalue weighted by atomic mass is 32.2. The van der Waals surface area contributed by atoms with E-state index in [4.69, 9.17) is 0 Å². The molecule has 1 aliphatic heterocycles. The Morgan fingerprint density at radius 3 is 2.81 bits per heavy atom. The number of benzene rings is 1. The first-order valence-corrected chi connectivity index (χ1v) is 6.59. The van der Waals surface area contributed by atoms with Crippen LogP contribution in [0.4, 0.5) is 0 Å². The summed E-state index contributed by atoms with van der Waals surface area (Å²) >= 11 is 0. The summed E-state index contributed by atoms with van der Waals surface area (Å²) in [5.41, 5.74) is 2.02. The molecule has 0 saturated heterocycles. The van der Waals surface area contributed by atoms with Gasteiger partial charge in [-0.2, -0.15) is 0 Å². The first-order valence-electron chi connectivity index (χ1n) is 4.94. The first-order chi connectivity index (χ1) is 7.60. The van der Waals surface area contributed by atoms with E-state index >= 15 is 0 Å². The van der Waals surface area contributed by atoms with Crippen LogP contribution in [0, 0.1) is 0 Å². The number of nitrogens with one attached hydrogen (secondary N) is 1. The minimum atomic E-state index is -3.10. The van der Waals surface area contributed by atoms with Gasteiger partial charge < -0.3 is 4.98 Å². The molecule has 0 amide bonds. The van der Waals surface area contributed by atoms with Crippen LogP contribution in [0.15, 0.2) is 23.1 Å². The third kappa shape index (κ3) is 1.21. The van der Waals surface area contributed by atoms with Crippen molar-refractivity contribution in [1.29, 1.82) is 0 Å². The number of H-pyrrole nitrogens is 1. The Morgan fingerprint density at radius 2 is 2.06 bits per heavy atom. The largest absolute Gasteiger partial charge is 0.352 e. The fourth-order valence-electron chi connectivity index (χ4n) is 2.13. The molecule has 1 aromatic carbocycles. The number of carbonyl (C=O) groups excluding carboxylic acids is 1. The molecule has 5 heteroatoms. The molecule has 1 aromatic heterocycles. The van der Waals surface area contributed by atoms with E-state index in [2.05, 4.69) is 4.98 Å². The molecule has 16 heavy (non-hydrogen) atoms. The quantitative estimate of drug-likeness (QED) is 0.758. The Labute approximate surface area is 92.2 Å². The maximum Gasteiger partial charge on any atom is 0.179 e. The van der Waals surface area contributed by atoms with Gasteiger partial charge in [-0.05, 0) is 30.2 Å². The smallest absolute Gasteiger partial charge is 0.179 e. The maximum atomic E-state index is 11.7. The number of hydrogen-bond donors (Lipinski definition) is 1. The molecular weight excluding hydrogens is 226 g/mol. The molecule has 1 aliphatic rings. The molecule has 0 aliphatic carbocycles. The zero-order chi connectivity index (χ0) is 11.3. The Bertz CT molecular complexity index is 697. The lowest BCUT2D eigenvalue weighted by Gasteiger charge is -1.98. The molecule has 1 N–H and O–H groups in total. The molecule has 2 heterocycles. The number of hydrogen-bond acceptors (Lipinski definition) is 3. The van der Waals surface area contributed by atoms with Crippen LogP contribution >= 0.6 is 0 Å². The Hall–Kier alpha value is -1.62. The first kappa shape index (κ1) is 9.59. The molecule has 0 saturated carbocycles. The predicted octanol–water partition coefficient (Wildman–Crippen LogP) is 1.31. The molecule has 0 radical (unpaired) electrons. The van der Waals surface area contributed by atoms with Gasteiger partial charge >= 0.3 is 0 Å². The summed E-state index contributed by atoms with van der Waals surface area (Å²) in [5.74, 6) is 0.190. The number of fused-ring (bicyclic) bond motifs is 2. The van der Waals surface area contributed by atoms with E-state index in [1.54, 1.807) is 12.1 Å². The van der Waals surface area contributed by atoms with Crippen molar-refractivity contribution in [3.05, 3.63) is 29.5 Å². The predicted molar refractivity (Wildman–Crippen MR) is 59.4 cm³/mol. The summed E-state index contributed by atoms with van der Waals surface area (Å²) in [6, 6.07) is 5.20. The second kappa shape index (κ2) is 2.95. The van der Waals surface area contributed by atoms with Crippen molar-refractivity contribution in [1.82, 2.24) is 4.98 Å². The molecule has 0 bridgehead atoms. The topological polar surface area (TPSA) is 67.0 Å². The molecule has 0 spiro atoms. The number of aryl methyl sites for hydroxylation is 1. The lowest BCUT2D eigenvalue weighted by atomic mass is 10.1. The molecule has 3 rings (SSSR count). The third-order valence-electron chi connectivity index (χ3n) is 2.92. The van der Waals surface area contributed by atoms with Crippen molar-refractivity contribution in [2.45, 2.75) is 11.3 Å². The molecule has 0 atom stereocenters. The molecule has 2 aromatic rings. The average Bonchev–Trinajstić information content (AvgIpc) is 2.77. The van der Waals surface area contributed by atoms with Crippen LogP contribution in [0.2, 0.25) is 0 Å². The van der Waals surface area contributed by atoms with Crippen LogP contribution in [0.3, 0.4) is 0 Å². The van der Waals surface area contributed by atoms with Gasteiger partial charge in [-0.15, -0.1) is 0 Å². The van der Waals surface area contributed by atoms with Crippen molar-refractivity contribution < 1.29 is 13.2 Å². The van der Waals surface area contributed by atoms with Crippen molar-refractivity contribution in [2.75, 3.05) is 5.75 Å². The summed E-state index contributed by atoms with van der Waals surface area (Å²) in [6.07, 6.45) is 1.29. The van der Waals surface area contributed by atoms with Crippen LogP contribution < -0.4 is 0 Å². The molecule has 0 unspecified atom stereocenters. The zero-order valence-corrected chi connectivity index (χ0v) is 9.17. The van der Waals surface area contributed by atoms with Gasteiger partial charge in [0, 0.05) is 10.9 Å². The highest BCUT2D eigenvalue weighted by Crippen LogP contribution is 2.30. The maximum absolute atomic E-state index is 11.7. The van der Waals surface area contributed by atoms with Crippen LogP contribution in [0.1, 0.15) is 16.1 Å². The van der Waals surface area contributed by atoms with Crippen LogP contribution in [-0.4, -0.2) is 25.4 Å². The minimum absolute atomic E-state index is 0.190. The summed E-state index contributed by atoms with van der Waals surface area (Å²) in [5, 5.41) is 0.887. The van der Waals surface area contributed by atoms with Gasteiger partial charge in [0.05, 0.1) is 16.3 Å². The SMILES string of the molecule is O=Cc1cc2cc3c(cc2[nH]1)S(=O)(=O)CC3. The van der Waals surface area contributed by atoms with Gasteiger partial charge in [-0.3, -0.25) is 4.79 Å². The highest BCUT2D eigenvalue weighted by Gasteiger charge is 2.26. The molecular formula is C11H9NO3S. The van der Waals surface area contributed by atoms with Crippen molar-refractivity contribution in [2.24, 2.45) is 0 Å². The molecule has 82 valence electrons. The van der Waals surface area contributed by atoms with Crippen molar-refractivity contribution >= 4 is 27.0 Å². The molecule has 4 nitrogen and oxygen atoms in total. The fraction of sp³-hybridized carbons (Fsp3) is 0.182. The van der Waals surface area contributed by atoms with Gasteiger partial charge in [0.15, 0.2) is 16.1 Å². The summed E-state index contributed by atoms with van der Waals surface area (Å²) in [4.78, 5) is 13.9. The van der Waals surface area contributed by atoms with Gasteiger partial charge in [0.2, 0.25) is 0 Å². The number of aldehydes is 1. The number of carbonyl (C=O) groups is 1. The van der Waals surface area contributed by atoms with Gasteiger partial charge in [-0.1, -0.05) is 0 Å². The second-order valence-corrected chi connectivity index (χ2v) is 6.04. The average molecular weight is 235 g/mol. The second-order valence-electron chi connectivity index (χ2n) is 3.96. The van der Waals surface area contributed by atoms with E-state index in [-0.39, 0.29) is 5.75 Å². The summed E-state index contributed by atoms with van der Waals surface area (Å²) in [6.45, 7) is 0. The summed E-state index contributed by atoms with van der Waals surface area (Å²) in [7, 11) is -3.10. The lowest BCUT2D eigenvalue weighted by Crippen LogP contribution is -1.98. The zero-order valence-electron chi connectivity index (χ0n) is 8.36. The minimum Gasteiger partial charge on any atom is -0.352 e. The number of aromatic amines is 1. The third-order valence-corrected chi connectivity index (χ3v) is 4.72. The number of aromatic nitrogens is 1. The molecule has 0 fully saturated rings. The van der Waals surface area contributed by atoms with E-state index in [0.29, 0.717) is 22.5 Å². The van der Waals surface area contributed by atoms with Crippen LogP contribution in [0.5, 0.6) is 0 Å². The van der Waals surface area contributed by atoms with Gasteiger partial charge in [-0.25, -0.2) is 8.42 Å². The van der Waals surface area contributed by atoms with E-state index in [9.17, 15) is 13.2 Å². The van der Waals surface area contributed by atoms with Crippen LogP contribution in [0.25, 0.3) is 10.9 Å². The lowest BCUT2D eigenvalue weighted by molar-refractivity contribution is 0.112. The highest BCUT2D eigenvalue weighted by molar-refractivity contribution is 7.91. The monoisotopic (exact) mass is 235 g/mol. The van der Waals surface area contributed by atoms with Crippen molar-refractivity contribution in [3.8, 4) is 0 Å². The standard InChI is InChI=1S/C11H9NO3S/c13-6-9-4-8-3-7-1-2-16(14,15)11(7)5-10(8)12-9/h3-6,12H,1-2H2. The number of sulfone groups is 1. The summed E-state index contributed by atoms with van der Waals surface area (Å²) < 4.78 is 23.4. The normalized spacial score (nSPS) is 17.5. The van der Waals surface area contributed by atoms with E-state index in [1.165, 1.54) is 0 Å². The number of rotatable bonds is 1. The van der Waals surface area contributed by atoms with E-state index < -0.39 is 9.84 Å². The van der Waals surface area contributed by atoms with E-state index in [0.717, 1.165) is 17.2 Å². The van der Waals surface area contributed by atoms with Gasteiger partial charge in [0.1, 0.15) is 0 Å². The Morgan fingerprint density at radius 1 is 1.25 bits per heavy atom. The van der Waals surface area contributed by atoms with Crippen LogP contribution in [-0.2, 0) is 16.3 Å².